The molecule has 3 heteroatoms. The third kappa shape index (κ3) is 3.21. The molecule has 1 aromatic rings. The molecule has 0 aromatic carbocycles. The molecule has 0 aliphatic heterocycles. The van der Waals surface area contributed by atoms with E-state index in [-0.39, 0.29) is 11.6 Å². The zero-order valence-electron chi connectivity index (χ0n) is 12.3. The van der Waals surface area contributed by atoms with Gasteiger partial charge in [0.2, 0.25) is 0 Å². The summed E-state index contributed by atoms with van der Waals surface area (Å²) in [5.41, 5.74) is 1.43. The Labute approximate surface area is 121 Å². The van der Waals surface area contributed by atoms with Gasteiger partial charge in [0.1, 0.15) is 0 Å². The smallest absolute Gasteiger partial charge is 0.0727 e. The van der Waals surface area contributed by atoms with E-state index in [2.05, 4.69) is 35.6 Å². The Bertz CT molecular complexity index is 353. The summed E-state index contributed by atoms with van der Waals surface area (Å²) in [5.74, 6) is 0. The molecule has 1 unspecified atom stereocenters. The highest BCUT2D eigenvalue weighted by Crippen LogP contribution is 2.39. The van der Waals surface area contributed by atoms with Gasteiger partial charge in [-0.05, 0) is 61.2 Å². The second-order valence-electron chi connectivity index (χ2n) is 5.67. The first-order chi connectivity index (χ1) is 9.23. The van der Waals surface area contributed by atoms with Crippen LogP contribution in [-0.2, 0) is 6.42 Å². The minimum absolute atomic E-state index is 0.0551. The Kier molecular flexibility index (Phi) is 5.43. The van der Waals surface area contributed by atoms with Gasteiger partial charge in [-0.1, -0.05) is 26.7 Å². The van der Waals surface area contributed by atoms with E-state index < -0.39 is 0 Å². The maximum Gasteiger partial charge on any atom is 0.0727 e. The summed E-state index contributed by atoms with van der Waals surface area (Å²) in [6, 6.07) is 2.18. The number of likely N-dealkylation sites (N-methyl/N-ethyl adjacent to an activating group) is 1. The van der Waals surface area contributed by atoms with E-state index >= 15 is 0 Å². The molecule has 2 rings (SSSR count). The molecule has 1 fully saturated rings. The molecule has 0 spiro atoms. The molecule has 2 nitrogen and oxygen atoms in total. The highest BCUT2D eigenvalue weighted by Gasteiger charge is 2.43. The largest absolute Gasteiger partial charge is 0.391 e. The van der Waals surface area contributed by atoms with E-state index in [0.29, 0.717) is 0 Å². The molecule has 1 aromatic heterocycles. The molecular formula is C16H27NOS. The molecule has 0 radical (unpaired) electrons. The first kappa shape index (κ1) is 15.0. The third-order valence-corrected chi connectivity index (χ3v) is 5.50. The maximum absolute atomic E-state index is 10.8. The predicted molar refractivity (Wildman–Crippen MR) is 82.8 cm³/mol. The second kappa shape index (κ2) is 6.87. The number of thiophene rings is 1. The Balaban J connectivity index is 2.01. The van der Waals surface area contributed by atoms with Crippen molar-refractivity contribution >= 4 is 11.3 Å². The molecule has 0 amide bonds. The summed E-state index contributed by atoms with van der Waals surface area (Å²) in [6.45, 7) is 6.53. The molecule has 1 N–H and O–H groups in total. The molecular weight excluding hydrogens is 254 g/mol. The van der Waals surface area contributed by atoms with Gasteiger partial charge in [-0.25, -0.2) is 0 Å². The van der Waals surface area contributed by atoms with Crippen LogP contribution in [0.2, 0.25) is 0 Å². The first-order valence-electron chi connectivity index (χ1n) is 7.67. The van der Waals surface area contributed by atoms with Crippen LogP contribution in [0.15, 0.2) is 16.8 Å². The van der Waals surface area contributed by atoms with Gasteiger partial charge in [-0.15, -0.1) is 0 Å². The van der Waals surface area contributed by atoms with Crippen LogP contribution < -0.4 is 0 Å². The lowest BCUT2D eigenvalue weighted by molar-refractivity contribution is -0.0287. The van der Waals surface area contributed by atoms with Crippen molar-refractivity contribution in [3.05, 3.63) is 22.4 Å². The lowest BCUT2D eigenvalue weighted by Gasteiger charge is -2.44. The predicted octanol–water partition coefficient (Wildman–Crippen LogP) is 3.70. The molecule has 1 atom stereocenters. The van der Waals surface area contributed by atoms with E-state index in [0.717, 1.165) is 25.9 Å². The van der Waals surface area contributed by atoms with Gasteiger partial charge in [0.05, 0.1) is 6.10 Å². The quantitative estimate of drug-likeness (QED) is 0.824. The zero-order chi connectivity index (χ0) is 13.7. The molecule has 0 bridgehead atoms. The summed E-state index contributed by atoms with van der Waals surface area (Å²) in [4.78, 5) is 2.50. The van der Waals surface area contributed by atoms with E-state index in [4.69, 9.17) is 0 Å². The Morgan fingerprint density at radius 3 is 2.53 bits per heavy atom. The van der Waals surface area contributed by atoms with Crippen LogP contribution in [-0.4, -0.2) is 34.7 Å². The van der Waals surface area contributed by atoms with E-state index in [1.165, 1.54) is 31.2 Å². The van der Waals surface area contributed by atoms with E-state index in [9.17, 15) is 5.11 Å². The number of nitrogens with zero attached hydrogens (tertiary/aromatic N) is 1. The average molecular weight is 281 g/mol. The Morgan fingerprint density at radius 1 is 1.32 bits per heavy atom. The summed E-state index contributed by atoms with van der Waals surface area (Å²) in [7, 11) is 0. The fourth-order valence-electron chi connectivity index (χ4n) is 3.71. The highest BCUT2D eigenvalue weighted by atomic mass is 32.1. The number of aryl methyl sites for hydroxylation is 1. The van der Waals surface area contributed by atoms with E-state index in [1.54, 1.807) is 11.3 Å². The summed E-state index contributed by atoms with van der Waals surface area (Å²) in [5, 5.41) is 15.1. The first-order valence-corrected chi connectivity index (χ1v) is 8.61. The van der Waals surface area contributed by atoms with Crippen molar-refractivity contribution in [1.29, 1.82) is 0 Å². The van der Waals surface area contributed by atoms with Crippen molar-refractivity contribution in [3.8, 4) is 0 Å². The van der Waals surface area contributed by atoms with Gasteiger partial charge in [-0.2, -0.15) is 11.3 Å². The SMILES string of the molecule is CCN(CC)C1(C(O)CCc2ccsc2)CCCC1. The molecule has 1 aliphatic carbocycles. The zero-order valence-corrected chi connectivity index (χ0v) is 13.1. The lowest BCUT2D eigenvalue weighted by atomic mass is 9.85. The van der Waals surface area contributed by atoms with Crippen LogP contribution in [0, 0.1) is 0 Å². The molecule has 19 heavy (non-hydrogen) atoms. The van der Waals surface area contributed by atoms with Gasteiger partial charge in [0.15, 0.2) is 0 Å². The summed E-state index contributed by atoms with van der Waals surface area (Å²) >= 11 is 1.75. The van der Waals surface area contributed by atoms with Gasteiger partial charge >= 0.3 is 0 Å². The fraction of sp³-hybridized carbons (Fsp3) is 0.750. The van der Waals surface area contributed by atoms with Crippen LogP contribution in [0.4, 0.5) is 0 Å². The van der Waals surface area contributed by atoms with E-state index in [1.807, 2.05) is 0 Å². The van der Waals surface area contributed by atoms with Crippen molar-refractivity contribution in [2.75, 3.05) is 13.1 Å². The molecule has 1 aliphatic rings. The molecule has 0 saturated heterocycles. The van der Waals surface area contributed by atoms with Gasteiger partial charge in [0, 0.05) is 5.54 Å². The molecule has 1 heterocycles. The Hall–Kier alpha value is -0.380. The van der Waals surface area contributed by atoms with Gasteiger partial charge in [-0.3, -0.25) is 4.90 Å². The maximum atomic E-state index is 10.8. The second-order valence-corrected chi connectivity index (χ2v) is 6.45. The summed E-state index contributed by atoms with van der Waals surface area (Å²) < 4.78 is 0. The molecule has 108 valence electrons. The van der Waals surface area contributed by atoms with Crippen molar-refractivity contribution in [2.24, 2.45) is 0 Å². The number of rotatable bonds is 7. The lowest BCUT2D eigenvalue weighted by Crippen LogP contribution is -2.55. The normalized spacial score (nSPS) is 20.0. The molecule has 1 saturated carbocycles. The third-order valence-electron chi connectivity index (χ3n) is 4.77. The number of aliphatic hydroxyl groups excluding tert-OH is 1. The Morgan fingerprint density at radius 2 is 2.00 bits per heavy atom. The van der Waals surface area contributed by atoms with Crippen LogP contribution in [0.1, 0.15) is 51.5 Å². The minimum Gasteiger partial charge on any atom is -0.391 e. The van der Waals surface area contributed by atoms with Crippen LogP contribution in [0.3, 0.4) is 0 Å². The number of aliphatic hydroxyl groups is 1. The fourth-order valence-corrected chi connectivity index (χ4v) is 4.41. The van der Waals surface area contributed by atoms with Crippen molar-refractivity contribution in [3.63, 3.8) is 0 Å². The number of hydrogen-bond acceptors (Lipinski definition) is 3. The standard InChI is InChI=1S/C16H27NOS/c1-3-17(4-2)16(10-5-6-11-16)15(18)8-7-14-9-12-19-13-14/h9,12-13,15,18H,3-8,10-11H2,1-2H3. The minimum atomic E-state index is -0.185. The highest BCUT2D eigenvalue weighted by molar-refractivity contribution is 7.07. The van der Waals surface area contributed by atoms with Gasteiger partial charge in [0.25, 0.3) is 0 Å². The van der Waals surface area contributed by atoms with Crippen LogP contribution >= 0.6 is 11.3 Å². The number of hydrogen-bond donors (Lipinski definition) is 1. The van der Waals surface area contributed by atoms with Crippen LogP contribution in [0.5, 0.6) is 0 Å². The van der Waals surface area contributed by atoms with Crippen molar-refractivity contribution < 1.29 is 5.11 Å². The topological polar surface area (TPSA) is 23.5 Å². The average Bonchev–Trinajstić information content (AvgIpc) is 3.09. The summed E-state index contributed by atoms with van der Waals surface area (Å²) in [6.07, 6.45) is 6.59. The van der Waals surface area contributed by atoms with Crippen molar-refractivity contribution in [1.82, 2.24) is 4.90 Å². The van der Waals surface area contributed by atoms with Crippen LogP contribution in [0.25, 0.3) is 0 Å². The monoisotopic (exact) mass is 281 g/mol. The van der Waals surface area contributed by atoms with Crippen molar-refractivity contribution in [2.45, 2.75) is 64.0 Å². The van der Waals surface area contributed by atoms with Gasteiger partial charge < -0.3 is 5.11 Å².